The standard InChI is InChI=1S/C11H10N4O3/c16-10(14-8-1-4-12-5-2-8)7-15-9(11(17)18)3-6-13-15/h1-6H,7H2,(H,17,18)(H,12,14,16). The van der Waals surface area contributed by atoms with Crippen molar-refractivity contribution < 1.29 is 14.7 Å². The van der Waals surface area contributed by atoms with Crippen LogP contribution in [0.5, 0.6) is 0 Å². The van der Waals surface area contributed by atoms with Gasteiger partial charge in [0.25, 0.3) is 0 Å². The molecule has 0 atom stereocenters. The first-order valence-corrected chi connectivity index (χ1v) is 5.12. The number of hydrogen-bond acceptors (Lipinski definition) is 4. The molecule has 0 radical (unpaired) electrons. The Balaban J connectivity index is 2.04. The van der Waals surface area contributed by atoms with Crippen LogP contribution in [0.1, 0.15) is 10.5 Å². The summed E-state index contributed by atoms with van der Waals surface area (Å²) in [4.78, 5) is 26.3. The molecule has 0 aliphatic rings. The summed E-state index contributed by atoms with van der Waals surface area (Å²) in [5, 5.41) is 15.3. The van der Waals surface area contributed by atoms with Gasteiger partial charge in [0, 0.05) is 24.3 Å². The van der Waals surface area contributed by atoms with Crippen LogP contribution >= 0.6 is 0 Å². The Labute approximate surface area is 102 Å². The van der Waals surface area contributed by atoms with Gasteiger partial charge in [0.05, 0.1) is 0 Å². The van der Waals surface area contributed by atoms with Gasteiger partial charge in [0.2, 0.25) is 5.91 Å². The van der Waals surface area contributed by atoms with Gasteiger partial charge in [-0.3, -0.25) is 9.78 Å². The fraction of sp³-hybridized carbons (Fsp3) is 0.0909. The fourth-order valence-corrected chi connectivity index (χ4v) is 1.41. The number of carboxylic acids is 1. The fourth-order valence-electron chi connectivity index (χ4n) is 1.41. The van der Waals surface area contributed by atoms with Crippen molar-refractivity contribution in [2.45, 2.75) is 6.54 Å². The van der Waals surface area contributed by atoms with E-state index in [1.807, 2.05) is 0 Å². The summed E-state index contributed by atoms with van der Waals surface area (Å²) in [6.07, 6.45) is 4.43. The zero-order valence-electron chi connectivity index (χ0n) is 9.28. The van der Waals surface area contributed by atoms with Gasteiger partial charge in [-0.1, -0.05) is 0 Å². The van der Waals surface area contributed by atoms with Crippen LogP contribution in [0.25, 0.3) is 0 Å². The van der Waals surface area contributed by atoms with Crippen molar-refractivity contribution in [1.82, 2.24) is 14.8 Å². The molecule has 0 aromatic carbocycles. The minimum absolute atomic E-state index is 0.0279. The molecule has 7 heteroatoms. The number of aromatic carboxylic acids is 1. The normalized spacial score (nSPS) is 10.0. The number of rotatable bonds is 4. The molecule has 0 unspecified atom stereocenters. The molecule has 0 aliphatic carbocycles. The number of anilines is 1. The minimum atomic E-state index is -1.12. The Morgan fingerprint density at radius 1 is 1.22 bits per heavy atom. The lowest BCUT2D eigenvalue weighted by molar-refractivity contribution is -0.116. The maximum atomic E-state index is 11.7. The molecule has 2 rings (SSSR count). The smallest absolute Gasteiger partial charge is 0.354 e. The molecular weight excluding hydrogens is 236 g/mol. The van der Waals surface area contributed by atoms with Crippen molar-refractivity contribution in [3.8, 4) is 0 Å². The van der Waals surface area contributed by atoms with Gasteiger partial charge in [-0.15, -0.1) is 0 Å². The molecule has 2 heterocycles. The van der Waals surface area contributed by atoms with Gasteiger partial charge < -0.3 is 10.4 Å². The second kappa shape index (κ2) is 5.09. The molecule has 1 amide bonds. The van der Waals surface area contributed by atoms with E-state index in [-0.39, 0.29) is 18.1 Å². The van der Waals surface area contributed by atoms with Crippen LogP contribution in [0.2, 0.25) is 0 Å². The molecule has 0 saturated heterocycles. The third-order valence-electron chi connectivity index (χ3n) is 2.19. The van der Waals surface area contributed by atoms with Gasteiger partial charge >= 0.3 is 5.97 Å². The number of pyridine rings is 1. The molecule has 7 nitrogen and oxygen atoms in total. The predicted molar refractivity (Wildman–Crippen MR) is 62.1 cm³/mol. The van der Waals surface area contributed by atoms with E-state index in [0.29, 0.717) is 5.69 Å². The van der Waals surface area contributed by atoms with E-state index in [1.165, 1.54) is 12.3 Å². The van der Waals surface area contributed by atoms with E-state index in [1.54, 1.807) is 24.5 Å². The highest BCUT2D eigenvalue weighted by molar-refractivity contribution is 5.91. The Kier molecular flexibility index (Phi) is 3.33. The summed E-state index contributed by atoms with van der Waals surface area (Å²) < 4.78 is 1.12. The van der Waals surface area contributed by atoms with E-state index < -0.39 is 5.97 Å². The Hall–Kier alpha value is -2.70. The highest BCUT2D eigenvalue weighted by atomic mass is 16.4. The number of nitrogens with one attached hydrogen (secondary N) is 1. The first-order chi connectivity index (χ1) is 8.66. The van der Waals surface area contributed by atoms with Gasteiger partial charge in [-0.05, 0) is 18.2 Å². The summed E-state index contributed by atoms with van der Waals surface area (Å²) in [5.41, 5.74) is 0.568. The zero-order valence-corrected chi connectivity index (χ0v) is 9.28. The molecule has 0 fully saturated rings. The summed E-state index contributed by atoms with van der Waals surface area (Å²) in [7, 11) is 0. The highest BCUT2D eigenvalue weighted by Gasteiger charge is 2.12. The van der Waals surface area contributed by atoms with E-state index in [4.69, 9.17) is 5.11 Å². The molecule has 0 spiro atoms. The average Bonchev–Trinajstić information content (AvgIpc) is 2.78. The minimum Gasteiger partial charge on any atom is -0.477 e. The number of aromatic nitrogens is 3. The molecular formula is C11H10N4O3. The quantitative estimate of drug-likeness (QED) is 0.824. The molecule has 2 N–H and O–H groups in total. The van der Waals surface area contributed by atoms with E-state index in [0.717, 1.165) is 4.68 Å². The second-order valence-corrected chi connectivity index (χ2v) is 3.46. The number of nitrogens with zero attached hydrogens (tertiary/aromatic N) is 3. The molecule has 0 bridgehead atoms. The van der Waals surface area contributed by atoms with Crippen LogP contribution in [0.3, 0.4) is 0 Å². The summed E-state index contributed by atoms with van der Waals surface area (Å²) >= 11 is 0. The molecule has 2 aromatic heterocycles. The lowest BCUT2D eigenvalue weighted by atomic mass is 10.4. The molecule has 2 aromatic rings. The van der Waals surface area contributed by atoms with Crippen molar-refractivity contribution in [2.75, 3.05) is 5.32 Å². The first-order valence-electron chi connectivity index (χ1n) is 5.12. The monoisotopic (exact) mass is 246 g/mol. The average molecular weight is 246 g/mol. The van der Waals surface area contributed by atoms with Gasteiger partial charge in [-0.25, -0.2) is 9.48 Å². The highest BCUT2D eigenvalue weighted by Crippen LogP contribution is 2.04. The largest absolute Gasteiger partial charge is 0.477 e. The first kappa shape index (κ1) is 11.8. The maximum absolute atomic E-state index is 11.7. The summed E-state index contributed by atoms with van der Waals surface area (Å²) in [5.74, 6) is -1.48. The topological polar surface area (TPSA) is 97.1 Å². The van der Waals surface area contributed by atoms with Crippen molar-refractivity contribution in [3.63, 3.8) is 0 Å². The van der Waals surface area contributed by atoms with Crippen molar-refractivity contribution in [3.05, 3.63) is 42.5 Å². The van der Waals surface area contributed by atoms with E-state index >= 15 is 0 Å². The second-order valence-electron chi connectivity index (χ2n) is 3.46. The van der Waals surface area contributed by atoms with Crippen LogP contribution in [0.4, 0.5) is 5.69 Å². The zero-order chi connectivity index (χ0) is 13.0. The number of amides is 1. The van der Waals surface area contributed by atoms with E-state index in [2.05, 4.69) is 15.4 Å². The maximum Gasteiger partial charge on any atom is 0.354 e. The summed E-state index contributed by atoms with van der Waals surface area (Å²) in [6, 6.07) is 4.61. The predicted octanol–water partition coefficient (Wildman–Crippen LogP) is 0.615. The van der Waals surface area contributed by atoms with Crippen molar-refractivity contribution >= 4 is 17.6 Å². The number of carboxylic acid groups (broad SMARTS) is 1. The molecule has 18 heavy (non-hydrogen) atoms. The lowest BCUT2D eigenvalue weighted by Crippen LogP contribution is -2.22. The summed E-state index contributed by atoms with van der Waals surface area (Å²) in [6.45, 7) is -0.156. The number of carbonyl (C=O) groups is 2. The Bertz CT molecular complexity index is 565. The molecule has 0 aliphatic heterocycles. The number of carbonyl (C=O) groups excluding carboxylic acids is 1. The van der Waals surface area contributed by atoms with Crippen molar-refractivity contribution in [2.24, 2.45) is 0 Å². The third-order valence-corrected chi connectivity index (χ3v) is 2.19. The van der Waals surface area contributed by atoms with Gasteiger partial charge in [-0.2, -0.15) is 5.10 Å². The SMILES string of the molecule is O=C(Cn1nccc1C(=O)O)Nc1ccncc1. The van der Waals surface area contributed by atoms with Crippen LogP contribution in [0.15, 0.2) is 36.8 Å². The van der Waals surface area contributed by atoms with Gasteiger partial charge in [0.1, 0.15) is 12.2 Å². The lowest BCUT2D eigenvalue weighted by Gasteiger charge is -2.06. The van der Waals surface area contributed by atoms with Crippen LogP contribution < -0.4 is 5.32 Å². The van der Waals surface area contributed by atoms with Crippen LogP contribution in [-0.2, 0) is 11.3 Å². The van der Waals surface area contributed by atoms with E-state index in [9.17, 15) is 9.59 Å². The number of hydrogen-bond donors (Lipinski definition) is 2. The Morgan fingerprint density at radius 3 is 2.61 bits per heavy atom. The van der Waals surface area contributed by atoms with Gasteiger partial charge in [0.15, 0.2) is 0 Å². The molecule has 92 valence electrons. The molecule has 0 saturated carbocycles. The third kappa shape index (κ3) is 2.70. The Morgan fingerprint density at radius 2 is 1.94 bits per heavy atom. The van der Waals surface area contributed by atoms with Crippen molar-refractivity contribution in [1.29, 1.82) is 0 Å². The van der Waals surface area contributed by atoms with Crippen LogP contribution in [0, 0.1) is 0 Å². The van der Waals surface area contributed by atoms with Crippen LogP contribution in [-0.4, -0.2) is 31.7 Å².